The topological polar surface area (TPSA) is 147 Å². The molecule has 0 aliphatic carbocycles. The van der Waals surface area contributed by atoms with Crippen molar-refractivity contribution in [3.8, 4) is 11.8 Å². The molecule has 3 heterocycles. The summed E-state index contributed by atoms with van der Waals surface area (Å²) in [6.07, 6.45) is 2.83. The van der Waals surface area contributed by atoms with Gasteiger partial charge in [0.05, 0.1) is 12.3 Å². The van der Waals surface area contributed by atoms with Gasteiger partial charge in [0.2, 0.25) is 0 Å². The van der Waals surface area contributed by atoms with E-state index in [4.69, 9.17) is 5.73 Å². The number of hydrogen-bond donors (Lipinski definition) is 3. The fourth-order valence-corrected chi connectivity index (χ4v) is 3.03. The molecule has 3 aromatic heterocycles. The van der Waals surface area contributed by atoms with Gasteiger partial charge in [0.1, 0.15) is 47.1 Å². The summed E-state index contributed by atoms with van der Waals surface area (Å²) >= 11 is 0. The molecule has 0 saturated heterocycles. The van der Waals surface area contributed by atoms with Crippen LogP contribution in [0.2, 0.25) is 0 Å². The highest BCUT2D eigenvalue weighted by Gasteiger charge is 2.23. The minimum Gasteiger partial charge on any atom is -0.394 e. The van der Waals surface area contributed by atoms with Gasteiger partial charge in [0.25, 0.3) is 0 Å². The summed E-state index contributed by atoms with van der Waals surface area (Å²) < 4.78 is 2.81. The maximum Gasteiger partial charge on any atom is 0.339 e. The van der Waals surface area contributed by atoms with E-state index in [1.807, 2.05) is 12.1 Å². The lowest BCUT2D eigenvalue weighted by Crippen LogP contribution is -2.33. The Morgan fingerprint density at radius 1 is 1.21 bits per heavy atom. The Balaban J connectivity index is 1.91. The van der Waals surface area contributed by atoms with E-state index in [0.717, 1.165) is 0 Å². The highest BCUT2D eigenvalue weighted by molar-refractivity contribution is 5.62. The smallest absolute Gasteiger partial charge is 0.339 e. The largest absolute Gasteiger partial charge is 0.394 e. The SMILES string of the molecule is N#Cc1c(N)ncnc1NC(CO)c1nc2cccn2c(=O)n1-c1ccccc1. The monoisotopic (exact) mass is 388 g/mol. The van der Waals surface area contributed by atoms with E-state index < -0.39 is 12.6 Å². The normalized spacial score (nSPS) is 11.9. The number of anilines is 2. The number of nitrogens with zero attached hydrogens (tertiary/aromatic N) is 6. The quantitative estimate of drug-likeness (QED) is 0.456. The van der Waals surface area contributed by atoms with Crippen molar-refractivity contribution in [2.24, 2.45) is 0 Å². The molecule has 144 valence electrons. The molecule has 0 spiro atoms. The second-order valence-corrected chi connectivity index (χ2v) is 6.13. The summed E-state index contributed by atoms with van der Waals surface area (Å²) in [7, 11) is 0. The van der Waals surface area contributed by atoms with E-state index in [0.29, 0.717) is 11.3 Å². The molecule has 4 aromatic rings. The van der Waals surface area contributed by atoms with Gasteiger partial charge in [-0.2, -0.15) is 5.26 Å². The zero-order chi connectivity index (χ0) is 20.4. The molecule has 1 unspecified atom stereocenters. The van der Waals surface area contributed by atoms with Crippen molar-refractivity contribution in [3.63, 3.8) is 0 Å². The van der Waals surface area contributed by atoms with Crippen LogP contribution in [0.1, 0.15) is 17.4 Å². The minimum absolute atomic E-state index is 0.0112. The number of aliphatic hydroxyl groups excluding tert-OH is 1. The van der Waals surface area contributed by atoms with Crippen molar-refractivity contribution in [1.82, 2.24) is 23.9 Å². The molecule has 0 fully saturated rings. The zero-order valence-corrected chi connectivity index (χ0v) is 15.1. The highest BCUT2D eigenvalue weighted by Crippen LogP contribution is 2.23. The van der Waals surface area contributed by atoms with Crippen LogP contribution < -0.4 is 16.7 Å². The Bertz CT molecular complexity index is 1270. The molecule has 4 N–H and O–H groups in total. The van der Waals surface area contributed by atoms with Gasteiger partial charge in [-0.15, -0.1) is 0 Å². The lowest BCUT2D eigenvalue weighted by Gasteiger charge is -2.21. The van der Waals surface area contributed by atoms with Gasteiger partial charge in [0.15, 0.2) is 0 Å². The molecule has 29 heavy (non-hydrogen) atoms. The van der Waals surface area contributed by atoms with E-state index in [1.165, 1.54) is 15.3 Å². The summed E-state index contributed by atoms with van der Waals surface area (Å²) in [6, 6.07) is 13.5. The molecule has 4 rings (SSSR count). The van der Waals surface area contributed by atoms with Crippen LogP contribution in [0.3, 0.4) is 0 Å². The fraction of sp³-hybridized carbons (Fsp3) is 0.105. The van der Waals surface area contributed by atoms with Gasteiger partial charge in [-0.25, -0.2) is 24.3 Å². The van der Waals surface area contributed by atoms with Crippen LogP contribution in [-0.2, 0) is 0 Å². The number of nitrogens with one attached hydrogen (secondary N) is 1. The van der Waals surface area contributed by atoms with Crippen LogP contribution in [0.4, 0.5) is 11.6 Å². The third kappa shape index (κ3) is 3.15. The second kappa shape index (κ2) is 7.41. The Hall–Kier alpha value is -4.23. The molecular formula is C19H16N8O2. The standard InChI is InChI=1S/C19H16N8O2/c20-9-13-16(21)22-11-23-17(13)24-14(10-28)18-25-15-7-4-8-26(15)19(29)27(18)12-5-2-1-3-6-12/h1-8,11,14,28H,10H2,(H3,21,22,23,24). The molecule has 0 aliphatic rings. The molecule has 0 saturated carbocycles. The maximum absolute atomic E-state index is 13.1. The van der Waals surface area contributed by atoms with E-state index in [9.17, 15) is 15.2 Å². The average Bonchev–Trinajstić information content (AvgIpc) is 3.22. The Morgan fingerprint density at radius 2 is 2.00 bits per heavy atom. The molecule has 1 aromatic carbocycles. The highest BCUT2D eigenvalue weighted by atomic mass is 16.3. The molecule has 0 bridgehead atoms. The first-order valence-electron chi connectivity index (χ1n) is 8.67. The van der Waals surface area contributed by atoms with Gasteiger partial charge >= 0.3 is 5.69 Å². The van der Waals surface area contributed by atoms with E-state index in [2.05, 4.69) is 20.3 Å². The van der Waals surface area contributed by atoms with Crippen LogP contribution in [0.25, 0.3) is 11.3 Å². The molecule has 0 amide bonds. The van der Waals surface area contributed by atoms with Gasteiger partial charge in [-0.3, -0.25) is 4.40 Å². The van der Waals surface area contributed by atoms with E-state index >= 15 is 0 Å². The number of aromatic nitrogens is 5. The number of hydrogen-bond acceptors (Lipinski definition) is 8. The second-order valence-electron chi connectivity index (χ2n) is 6.13. The Kier molecular flexibility index (Phi) is 4.64. The molecular weight excluding hydrogens is 372 g/mol. The van der Waals surface area contributed by atoms with Crippen molar-refractivity contribution in [2.45, 2.75) is 6.04 Å². The predicted octanol–water partition coefficient (Wildman–Crippen LogP) is 0.875. The lowest BCUT2D eigenvalue weighted by molar-refractivity contribution is 0.270. The summed E-state index contributed by atoms with van der Waals surface area (Å²) in [4.78, 5) is 25.5. The van der Waals surface area contributed by atoms with Crippen LogP contribution in [0.5, 0.6) is 0 Å². The number of fused-ring (bicyclic) bond motifs is 1. The predicted molar refractivity (Wildman–Crippen MR) is 105 cm³/mol. The molecule has 0 aliphatic heterocycles. The van der Waals surface area contributed by atoms with Crippen molar-refractivity contribution >= 4 is 17.3 Å². The first kappa shape index (κ1) is 18.1. The number of rotatable bonds is 5. The maximum atomic E-state index is 13.1. The molecule has 10 heteroatoms. The van der Waals surface area contributed by atoms with Gasteiger partial charge in [-0.1, -0.05) is 18.2 Å². The number of benzene rings is 1. The molecule has 1 atom stereocenters. The van der Waals surface area contributed by atoms with Crippen LogP contribution in [0.15, 0.2) is 59.8 Å². The zero-order valence-electron chi connectivity index (χ0n) is 15.1. The van der Waals surface area contributed by atoms with Crippen LogP contribution in [-0.4, -0.2) is 35.6 Å². The Labute approximate surface area is 164 Å². The third-order valence-corrected chi connectivity index (χ3v) is 4.39. The summed E-state index contributed by atoms with van der Waals surface area (Å²) in [6.45, 7) is -0.412. The first-order valence-corrected chi connectivity index (χ1v) is 8.67. The molecule has 0 radical (unpaired) electrons. The van der Waals surface area contributed by atoms with Crippen LogP contribution >= 0.6 is 0 Å². The average molecular weight is 388 g/mol. The van der Waals surface area contributed by atoms with Crippen LogP contribution in [0, 0.1) is 11.3 Å². The fourth-order valence-electron chi connectivity index (χ4n) is 3.03. The minimum atomic E-state index is -0.843. The summed E-state index contributed by atoms with van der Waals surface area (Å²) in [5.74, 6) is 0.413. The van der Waals surface area contributed by atoms with Crippen molar-refractivity contribution in [2.75, 3.05) is 17.7 Å². The van der Waals surface area contributed by atoms with Gasteiger partial charge in [0, 0.05) is 6.20 Å². The number of nitriles is 1. The van der Waals surface area contributed by atoms with Gasteiger partial charge < -0.3 is 16.2 Å². The summed E-state index contributed by atoms with van der Waals surface area (Å²) in [5.41, 5.74) is 6.46. The van der Waals surface area contributed by atoms with Crippen molar-refractivity contribution in [1.29, 1.82) is 5.26 Å². The van der Waals surface area contributed by atoms with Gasteiger partial charge in [-0.05, 0) is 24.3 Å². The van der Waals surface area contributed by atoms with Crippen molar-refractivity contribution < 1.29 is 5.11 Å². The number of para-hydroxylation sites is 1. The molecule has 10 nitrogen and oxygen atoms in total. The summed E-state index contributed by atoms with van der Waals surface area (Å²) in [5, 5.41) is 22.4. The number of nitrogen functional groups attached to an aromatic ring is 1. The number of nitrogens with two attached hydrogens (primary N) is 1. The first-order chi connectivity index (χ1) is 14.1. The Morgan fingerprint density at radius 3 is 2.72 bits per heavy atom. The van der Waals surface area contributed by atoms with E-state index in [-0.39, 0.29) is 28.7 Å². The lowest BCUT2D eigenvalue weighted by atomic mass is 10.2. The number of aliphatic hydroxyl groups is 1. The van der Waals surface area contributed by atoms with Crippen molar-refractivity contribution in [3.05, 3.63) is 76.9 Å². The van der Waals surface area contributed by atoms with E-state index in [1.54, 1.807) is 42.6 Å². The third-order valence-electron chi connectivity index (χ3n) is 4.39.